The van der Waals surface area contributed by atoms with Gasteiger partial charge in [-0.1, -0.05) is 6.07 Å². The highest BCUT2D eigenvalue weighted by molar-refractivity contribution is 9.10. The van der Waals surface area contributed by atoms with E-state index >= 15 is 0 Å². The third kappa shape index (κ3) is 3.01. The van der Waals surface area contributed by atoms with E-state index in [1.165, 1.54) is 0 Å². The van der Waals surface area contributed by atoms with Crippen molar-refractivity contribution in [3.63, 3.8) is 0 Å². The molecule has 0 bridgehead atoms. The number of hydrogen-bond acceptors (Lipinski definition) is 5. The molecule has 2 aromatic heterocycles. The minimum absolute atomic E-state index is 0.104. The van der Waals surface area contributed by atoms with Gasteiger partial charge < -0.3 is 10.2 Å². The van der Waals surface area contributed by atoms with E-state index < -0.39 is 0 Å². The van der Waals surface area contributed by atoms with Crippen molar-refractivity contribution in [2.24, 2.45) is 0 Å². The van der Waals surface area contributed by atoms with Crippen molar-refractivity contribution in [2.75, 3.05) is 24.3 Å². The fourth-order valence-electron chi connectivity index (χ4n) is 1.70. The van der Waals surface area contributed by atoms with Gasteiger partial charge >= 0.3 is 0 Å². The summed E-state index contributed by atoms with van der Waals surface area (Å²) in [5.74, 6) is 1.43. The van der Waals surface area contributed by atoms with Gasteiger partial charge in [0, 0.05) is 26.5 Å². The Morgan fingerprint density at radius 3 is 2.74 bits per heavy atom. The fourth-order valence-corrected chi connectivity index (χ4v) is 2.09. The van der Waals surface area contributed by atoms with Crippen LogP contribution in [0.2, 0.25) is 0 Å². The number of pyridine rings is 1. The van der Waals surface area contributed by atoms with Crippen LogP contribution in [0.1, 0.15) is 18.7 Å². The van der Waals surface area contributed by atoms with Gasteiger partial charge in [0.2, 0.25) is 5.95 Å². The van der Waals surface area contributed by atoms with Gasteiger partial charge in [-0.3, -0.25) is 4.98 Å². The monoisotopic (exact) mass is 321 g/mol. The molecule has 1 N–H and O–H groups in total. The van der Waals surface area contributed by atoms with Crippen LogP contribution in [0.15, 0.2) is 35.1 Å². The Bertz CT molecular complexity index is 546. The predicted octanol–water partition coefficient (Wildman–Crippen LogP) is 2.87. The van der Waals surface area contributed by atoms with E-state index in [1.54, 1.807) is 12.4 Å². The van der Waals surface area contributed by atoms with Gasteiger partial charge in [0.25, 0.3) is 0 Å². The molecule has 0 radical (unpaired) electrons. The molecule has 19 heavy (non-hydrogen) atoms. The first-order chi connectivity index (χ1) is 9.13. The van der Waals surface area contributed by atoms with E-state index in [9.17, 15) is 0 Å². The molecule has 0 fully saturated rings. The minimum Gasteiger partial charge on any atom is -0.372 e. The van der Waals surface area contributed by atoms with Crippen molar-refractivity contribution >= 4 is 27.7 Å². The van der Waals surface area contributed by atoms with Gasteiger partial charge in [0.05, 0.1) is 16.2 Å². The zero-order chi connectivity index (χ0) is 13.8. The summed E-state index contributed by atoms with van der Waals surface area (Å²) in [6.07, 6.45) is 3.54. The first-order valence-electron chi connectivity index (χ1n) is 5.97. The average Bonchev–Trinajstić information content (AvgIpc) is 2.47. The molecule has 0 saturated heterocycles. The summed E-state index contributed by atoms with van der Waals surface area (Å²) < 4.78 is 0.845. The lowest BCUT2D eigenvalue weighted by Crippen LogP contribution is -2.24. The van der Waals surface area contributed by atoms with Crippen LogP contribution < -0.4 is 10.2 Å². The van der Waals surface area contributed by atoms with Crippen LogP contribution in [0.3, 0.4) is 0 Å². The molecule has 0 spiro atoms. The average molecular weight is 322 g/mol. The van der Waals surface area contributed by atoms with Gasteiger partial charge in [-0.25, -0.2) is 4.98 Å². The highest BCUT2D eigenvalue weighted by atomic mass is 79.9. The van der Waals surface area contributed by atoms with Crippen LogP contribution >= 0.6 is 15.9 Å². The van der Waals surface area contributed by atoms with Crippen molar-refractivity contribution < 1.29 is 0 Å². The summed E-state index contributed by atoms with van der Waals surface area (Å²) in [5, 5.41) is 3.03. The van der Waals surface area contributed by atoms with E-state index in [0.29, 0.717) is 5.95 Å². The Morgan fingerprint density at radius 2 is 2.11 bits per heavy atom. The van der Waals surface area contributed by atoms with Crippen LogP contribution in [-0.2, 0) is 0 Å². The zero-order valence-corrected chi connectivity index (χ0v) is 12.7. The van der Waals surface area contributed by atoms with E-state index in [2.05, 4.69) is 43.1 Å². The third-order valence-electron chi connectivity index (χ3n) is 2.98. The molecular weight excluding hydrogens is 306 g/mol. The maximum absolute atomic E-state index is 4.47. The number of nitrogens with one attached hydrogen (secondary N) is 1. The third-order valence-corrected chi connectivity index (χ3v) is 3.56. The van der Waals surface area contributed by atoms with Crippen LogP contribution in [-0.4, -0.2) is 29.0 Å². The van der Waals surface area contributed by atoms with Crippen LogP contribution in [0, 0.1) is 0 Å². The molecule has 0 aliphatic carbocycles. The number of anilines is 2. The number of halogens is 1. The van der Waals surface area contributed by atoms with Crippen LogP contribution in [0.4, 0.5) is 11.8 Å². The van der Waals surface area contributed by atoms with Crippen molar-refractivity contribution in [1.82, 2.24) is 15.0 Å². The summed E-state index contributed by atoms with van der Waals surface area (Å²) in [5.41, 5.74) is 0.988. The maximum atomic E-state index is 4.47. The quantitative estimate of drug-likeness (QED) is 0.938. The lowest BCUT2D eigenvalue weighted by molar-refractivity contribution is 0.693. The second-order valence-electron chi connectivity index (χ2n) is 4.16. The molecule has 0 amide bonds. The molecule has 0 saturated carbocycles. The molecule has 0 aromatic carbocycles. The minimum atomic E-state index is 0.104. The van der Waals surface area contributed by atoms with Crippen molar-refractivity contribution in [3.8, 4) is 0 Å². The standard InChI is InChI=1S/C13H16BrN5/c1-9(11-6-4-5-7-16-11)19(3)13-17-8-10(14)12(15-2)18-13/h4-9H,1-3H3,(H,15,17,18). The molecule has 0 aliphatic rings. The molecule has 2 rings (SSSR count). The van der Waals surface area contributed by atoms with Crippen molar-refractivity contribution in [1.29, 1.82) is 0 Å². The van der Waals surface area contributed by atoms with Gasteiger partial charge in [-0.05, 0) is 35.0 Å². The second-order valence-corrected chi connectivity index (χ2v) is 5.01. The normalized spacial score (nSPS) is 12.0. The zero-order valence-electron chi connectivity index (χ0n) is 11.1. The molecular formula is C13H16BrN5. The summed E-state index contributed by atoms with van der Waals surface area (Å²) in [6, 6.07) is 5.99. The number of aromatic nitrogens is 3. The highest BCUT2D eigenvalue weighted by Gasteiger charge is 2.16. The lowest BCUT2D eigenvalue weighted by Gasteiger charge is -2.24. The van der Waals surface area contributed by atoms with Gasteiger partial charge in [-0.2, -0.15) is 4.98 Å². The topological polar surface area (TPSA) is 53.9 Å². The number of hydrogen-bond donors (Lipinski definition) is 1. The second kappa shape index (κ2) is 5.97. The molecule has 0 aliphatic heterocycles. The van der Waals surface area contributed by atoms with Crippen LogP contribution in [0.25, 0.3) is 0 Å². The molecule has 5 nitrogen and oxygen atoms in total. The first kappa shape index (κ1) is 13.7. The molecule has 1 atom stereocenters. The van der Waals surface area contributed by atoms with Crippen LogP contribution in [0.5, 0.6) is 0 Å². The first-order valence-corrected chi connectivity index (χ1v) is 6.77. The SMILES string of the molecule is CNc1nc(N(C)C(C)c2ccccn2)ncc1Br. The smallest absolute Gasteiger partial charge is 0.227 e. The number of rotatable bonds is 4. The Balaban J connectivity index is 2.26. The van der Waals surface area contributed by atoms with Gasteiger partial charge in [0.1, 0.15) is 5.82 Å². The Labute approximate surface area is 121 Å². The molecule has 2 heterocycles. The Morgan fingerprint density at radius 1 is 1.32 bits per heavy atom. The van der Waals surface area contributed by atoms with Gasteiger partial charge in [-0.15, -0.1) is 0 Å². The molecule has 100 valence electrons. The highest BCUT2D eigenvalue weighted by Crippen LogP contribution is 2.25. The Kier molecular flexibility index (Phi) is 4.31. The maximum Gasteiger partial charge on any atom is 0.227 e. The number of nitrogens with zero attached hydrogens (tertiary/aromatic N) is 4. The van der Waals surface area contributed by atoms with E-state index in [0.717, 1.165) is 16.0 Å². The van der Waals surface area contributed by atoms with Crippen molar-refractivity contribution in [2.45, 2.75) is 13.0 Å². The van der Waals surface area contributed by atoms with E-state index in [4.69, 9.17) is 0 Å². The summed E-state index contributed by atoms with van der Waals surface area (Å²) in [6.45, 7) is 2.08. The van der Waals surface area contributed by atoms with E-state index in [1.807, 2.05) is 37.2 Å². The summed E-state index contributed by atoms with van der Waals surface area (Å²) >= 11 is 3.40. The van der Waals surface area contributed by atoms with E-state index in [-0.39, 0.29) is 6.04 Å². The largest absolute Gasteiger partial charge is 0.372 e. The summed E-state index contributed by atoms with van der Waals surface area (Å²) in [4.78, 5) is 15.2. The Hall–Kier alpha value is -1.69. The predicted molar refractivity (Wildman–Crippen MR) is 80.3 cm³/mol. The lowest BCUT2D eigenvalue weighted by atomic mass is 10.2. The van der Waals surface area contributed by atoms with Gasteiger partial charge in [0.15, 0.2) is 0 Å². The van der Waals surface area contributed by atoms with Crippen molar-refractivity contribution in [3.05, 3.63) is 40.8 Å². The molecule has 2 aromatic rings. The molecule has 1 unspecified atom stereocenters. The molecule has 6 heteroatoms. The fraction of sp³-hybridized carbons (Fsp3) is 0.308. The summed E-state index contributed by atoms with van der Waals surface area (Å²) in [7, 11) is 3.79.